The van der Waals surface area contributed by atoms with Gasteiger partial charge in [-0.25, -0.2) is 0 Å². The topological polar surface area (TPSA) is 140 Å². The van der Waals surface area contributed by atoms with Crippen molar-refractivity contribution in [2.24, 2.45) is 0 Å². The molecule has 1 aliphatic heterocycles. The van der Waals surface area contributed by atoms with E-state index in [0.717, 1.165) is 0 Å². The lowest BCUT2D eigenvalue weighted by Gasteiger charge is -2.39. The predicted molar refractivity (Wildman–Crippen MR) is 52.8 cm³/mol. The highest BCUT2D eigenvalue weighted by molar-refractivity contribution is 4.88. The van der Waals surface area contributed by atoms with Gasteiger partial charge in [0, 0.05) is 0 Å². The van der Waals surface area contributed by atoms with Crippen molar-refractivity contribution in [2.45, 2.75) is 36.8 Å². The van der Waals surface area contributed by atoms with Gasteiger partial charge in [-0.15, -0.1) is 0 Å². The summed E-state index contributed by atoms with van der Waals surface area (Å²) in [4.78, 5) is 0. The number of rotatable bonds is 5. The Morgan fingerprint density at radius 1 is 1.06 bits per heavy atom. The molecule has 1 saturated heterocycles. The summed E-state index contributed by atoms with van der Waals surface area (Å²) in [5, 5.41) is 54.9. The van der Waals surface area contributed by atoms with Gasteiger partial charge in [-0.05, 0) is 0 Å². The zero-order valence-electron chi connectivity index (χ0n) is 9.09. The fourth-order valence-electron chi connectivity index (χ4n) is 1.46. The minimum absolute atomic E-state index is 0.306. The molecular weight excluding hydrogens is 236 g/mol. The first-order valence-corrected chi connectivity index (χ1v) is 5.22. The average Bonchev–Trinajstić information content (AvgIpc) is 2.34. The van der Waals surface area contributed by atoms with Crippen molar-refractivity contribution in [2.75, 3.05) is 19.8 Å². The van der Waals surface area contributed by atoms with Crippen LogP contribution in [-0.4, -0.2) is 87.3 Å². The SMILES string of the molecule is OCC(O)CO[C@@H]1OC(CO)[C@@H](O)[C@H](O)C1O. The highest BCUT2D eigenvalue weighted by atomic mass is 16.7. The van der Waals surface area contributed by atoms with Gasteiger partial charge in [0.1, 0.15) is 30.5 Å². The van der Waals surface area contributed by atoms with Gasteiger partial charge < -0.3 is 40.1 Å². The standard InChI is InChI=1S/C9H18O8/c10-1-4(12)3-16-9-8(15)7(14)6(13)5(2-11)17-9/h4-15H,1-3H2/t4?,5?,6-,7+,8?,9-/m1/s1. The van der Waals surface area contributed by atoms with Crippen molar-refractivity contribution in [1.82, 2.24) is 0 Å². The summed E-state index contributed by atoms with van der Waals surface area (Å²) in [6.45, 7) is -1.37. The van der Waals surface area contributed by atoms with Crippen LogP contribution in [0.2, 0.25) is 0 Å². The van der Waals surface area contributed by atoms with Crippen LogP contribution >= 0.6 is 0 Å². The highest BCUT2D eigenvalue weighted by Gasteiger charge is 2.44. The van der Waals surface area contributed by atoms with Crippen molar-refractivity contribution in [3.8, 4) is 0 Å². The summed E-state index contributed by atoms with van der Waals surface area (Å²) in [6, 6.07) is 0. The molecule has 0 amide bonds. The maximum absolute atomic E-state index is 9.52. The van der Waals surface area contributed by atoms with Crippen molar-refractivity contribution in [1.29, 1.82) is 0 Å². The van der Waals surface area contributed by atoms with Gasteiger partial charge in [0.05, 0.1) is 19.8 Å². The van der Waals surface area contributed by atoms with E-state index >= 15 is 0 Å². The number of hydrogen-bond donors (Lipinski definition) is 6. The van der Waals surface area contributed by atoms with Gasteiger partial charge in [0.25, 0.3) is 0 Å². The Morgan fingerprint density at radius 3 is 2.24 bits per heavy atom. The second kappa shape index (κ2) is 6.57. The average molecular weight is 254 g/mol. The van der Waals surface area contributed by atoms with E-state index in [2.05, 4.69) is 0 Å². The van der Waals surface area contributed by atoms with E-state index < -0.39 is 50.0 Å². The molecule has 1 aliphatic rings. The smallest absolute Gasteiger partial charge is 0.186 e. The summed E-state index contributed by atoms with van der Waals surface area (Å²) < 4.78 is 9.93. The Kier molecular flexibility index (Phi) is 5.70. The van der Waals surface area contributed by atoms with Gasteiger partial charge in [-0.3, -0.25) is 0 Å². The second-order valence-corrected chi connectivity index (χ2v) is 3.87. The lowest BCUT2D eigenvalue weighted by atomic mass is 9.99. The second-order valence-electron chi connectivity index (χ2n) is 3.87. The Bertz CT molecular complexity index is 223. The molecule has 6 N–H and O–H groups in total. The number of hydrogen-bond acceptors (Lipinski definition) is 8. The van der Waals surface area contributed by atoms with Gasteiger partial charge in [0.15, 0.2) is 6.29 Å². The van der Waals surface area contributed by atoms with Crippen LogP contribution in [0, 0.1) is 0 Å². The van der Waals surface area contributed by atoms with Gasteiger partial charge in [0.2, 0.25) is 0 Å². The summed E-state index contributed by atoms with van der Waals surface area (Å²) in [6.07, 6.45) is -7.94. The first kappa shape index (κ1) is 14.7. The van der Waals surface area contributed by atoms with Crippen molar-refractivity contribution in [3.63, 3.8) is 0 Å². The van der Waals surface area contributed by atoms with Crippen LogP contribution < -0.4 is 0 Å². The van der Waals surface area contributed by atoms with Gasteiger partial charge in [-0.2, -0.15) is 0 Å². The molecule has 6 atom stereocenters. The van der Waals surface area contributed by atoms with Crippen LogP contribution in [0.25, 0.3) is 0 Å². The molecule has 1 rings (SSSR count). The molecule has 8 nitrogen and oxygen atoms in total. The Labute approximate surface area is 97.6 Å². The molecule has 0 aromatic heterocycles. The molecule has 0 aromatic carbocycles. The molecule has 0 radical (unpaired) electrons. The number of ether oxygens (including phenoxy) is 2. The van der Waals surface area contributed by atoms with E-state index in [1.54, 1.807) is 0 Å². The first-order chi connectivity index (χ1) is 8.01. The van der Waals surface area contributed by atoms with Crippen LogP contribution in [0.4, 0.5) is 0 Å². The number of aliphatic hydroxyl groups is 6. The quantitative estimate of drug-likeness (QED) is 0.293. The molecule has 3 unspecified atom stereocenters. The summed E-state index contributed by atoms with van der Waals surface area (Å²) in [7, 11) is 0. The molecule has 0 bridgehead atoms. The fraction of sp³-hybridized carbons (Fsp3) is 1.00. The molecule has 17 heavy (non-hydrogen) atoms. The molecule has 1 fully saturated rings. The molecule has 0 saturated carbocycles. The van der Waals surface area contributed by atoms with Crippen LogP contribution in [0.15, 0.2) is 0 Å². The maximum Gasteiger partial charge on any atom is 0.186 e. The third-order valence-corrected chi connectivity index (χ3v) is 2.51. The van der Waals surface area contributed by atoms with Crippen molar-refractivity contribution in [3.05, 3.63) is 0 Å². The maximum atomic E-state index is 9.52. The van der Waals surface area contributed by atoms with Crippen LogP contribution in [-0.2, 0) is 9.47 Å². The van der Waals surface area contributed by atoms with Crippen LogP contribution in [0.3, 0.4) is 0 Å². The Morgan fingerprint density at radius 2 is 1.71 bits per heavy atom. The highest BCUT2D eigenvalue weighted by Crippen LogP contribution is 2.21. The molecular formula is C9H18O8. The fourth-order valence-corrected chi connectivity index (χ4v) is 1.46. The Balaban J connectivity index is 2.53. The molecule has 102 valence electrons. The van der Waals surface area contributed by atoms with Crippen LogP contribution in [0.1, 0.15) is 0 Å². The minimum atomic E-state index is -1.52. The molecule has 1 heterocycles. The van der Waals surface area contributed by atoms with Gasteiger partial charge in [-0.1, -0.05) is 0 Å². The zero-order valence-corrected chi connectivity index (χ0v) is 9.09. The van der Waals surface area contributed by atoms with E-state index in [9.17, 15) is 15.3 Å². The summed E-state index contributed by atoms with van der Waals surface area (Å²) >= 11 is 0. The van der Waals surface area contributed by atoms with Crippen LogP contribution in [0.5, 0.6) is 0 Å². The number of aliphatic hydroxyl groups excluding tert-OH is 6. The van der Waals surface area contributed by atoms with E-state index in [-0.39, 0.29) is 6.61 Å². The normalized spacial score (nSPS) is 40.2. The Hall–Kier alpha value is -0.320. The zero-order chi connectivity index (χ0) is 13.0. The summed E-state index contributed by atoms with van der Waals surface area (Å²) in [5.41, 5.74) is 0. The molecule has 0 aliphatic carbocycles. The monoisotopic (exact) mass is 254 g/mol. The third-order valence-electron chi connectivity index (χ3n) is 2.51. The lowest BCUT2D eigenvalue weighted by Crippen LogP contribution is -2.59. The van der Waals surface area contributed by atoms with E-state index in [1.807, 2.05) is 0 Å². The molecule has 8 heteroatoms. The molecule has 0 aromatic rings. The first-order valence-electron chi connectivity index (χ1n) is 5.22. The predicted octanol–water partition coefficient (Wildman–Crippen LogP) is -3.84. The van der Waals surface area contributed by atoms with Crippen molar-refractivity contribution >= 4 is 0 Å². The van der Waals surface area contributed by atoms with E-state index in [4.69, 9.17) is 24.8 Å². The van der Waals surface area contributed by atoms with Crippen molar-refractivity contribution < 1.29 is 40.1 Å². The lowest BCUT2D eigenvalue weighted by molar-refractivity contribution is -0.304. The van der Waals surface area contributed by atoms with E-state index in [1.165, 1.54) is 0 Å². The minimum Gasteiger partial charge on any atom is -0.394 e. The largest absolute Gasteiger partial charge is 0.394 e. The molecule has 0 spiro atoms. The van der Waals surface area contributed by atoms with Gasteiger partial charge >= 0.3 is 0 Å². The third kappa shape index (κ3) is 3.57. The van der Waals surface area contributed by atoms with E-state index in [0.29, 0.717) is 0 Å². The summed E-state index contributed by atoms with van der Waals surface area (Å²) in [5.74, 6) is 0.